The average molecular weight is 228 g/mol. The molecule has 2 amide bonds. The van der Waals surface area contributed by atoms with Crippen LogP contribution in [0.2, 0.25) is 0 Å². The highest BCUT2D eigenvalue weighted by atomic mass is 16.5. The summed E-state index contributed by atoms with van der Waals surface area (Å²) in [5.74, 6) is 0.0781. The number of amides is 2. The molecule has 0 rings (SSSR count). The van der Waals surface area contributed by atoms with E-state index in [-0.39, 0.29) is 6.54 Å². The summed E-state index contributed by atoms with van der Waals surface area (Å²) in [6.07, 6.45) is 4.44. The van der Waals surface area contributed by atoms with Crippen LogP contribution in [0, 0.1) is 12.3 Å². The molecule has 0 unspecified atom stereocenters. The third-order valence-corrected chi connectivity index (χ3v) is 1.55. The SMILES string of the molecule is C#CCNC(=O)N[C@@H](CC(=O)OC)C(=O)O. The summed E-state index contributed by atoms with van der Waals surface area (Å²) in [6.45, 7) is -0.0314. The third-order valence-electron chi connectivity index (χ3n) is 1.55. The Morgan fingerprint density at radius 3 is 2.56 bits per heavy atom. The molecule has 0 aliphatic rings. The van der Waals surface area contributed by atoms with Crippen LogP contribution in [0.5, 0.6) is 0 Å². The first-order chi connectivity index (χ1) is 7.51. The molecule has 7 heteroatoms. The molecule has 0 aromatic heterocycles. The Kier molecular flexibility index (Phi) is 6.12. The van der Waals surface area contributed by atoms with E-state index in [1.54, 1.807) is 0 Å². The Morgan fingerprint density at radius 2 is 2.12 bits per heavy atom. The van der Waals surface area contributed by atoms with Gasteiger partial charge < -0.3 is 20.5 Å². The highest BCUT2D eigenvalue weighted by Crippen LogP contribution is 1.94. The Morgan fingerprint density at radius 1 is 1.50 bits per heavy atom. The second kappa shape index (κ2) is 7.11. The highest BCUT2D eigenvalue weighted by Gasteiger charge is 2.23. The number of hydrogen-bond donors (Lipinski definition) is 3. The summed E-state index contributed by atoms with van der Waals surface area (Å²) < 4.78 is 4.29. The fourth-order valence-electron chi connectivity index (χ4n) is 0.791. The maximum atomic E-state index is 11.1. The van der Waals surface area contributed by atoms with Crippen LogP contribution in [0.3, 0.4) is 0 Å². The van der Waals surface area contributed by atoms with E-state index < -0.39 is 30.4 Å². The number of carboxylic acids is 1. The molecular weight excluding hydrogens is 216 g/mol. The maximum Gasteiger partial charge on any atom is 0.326 e. The molecule has 0 saturated carbocycles. The number of carbonyl (C=O) groups is 3. The minimum absolute atomic E-state index is 0.0314. The summed E-state index contributed by atoms with van der Waals surface area (Å²) in [4.78, 5) is 32.6. The normalized spacial score (nSPS) is 10.8. The van der Waals surface area contributed by atoms with Crippen molar-refractivity contribution in [3.63, 3.8) is 0 Å². The molecule has 0 heterocycles. The monoisotopic (exact) mass is 228 g/mol. The van der Waals surface area contributed by atoms with Crippen molar-refractivity contribution < 1.29 is 24.2 Å². The molecule has 0 spiro atoms. The molecule has 0 aliphatic carbocycles. The molecule has 16 heavy (non-hydrogen) atoms. The van der Waals surface area contributed by atoms with Gasteiger partial charge in [0.05, 0.1) is 20.1 Å². The van der Waals surface area contributed by atoms with Crippen LogP contribution in [0.25, 0.3) is 0 Å². The van der Waals surface area contributed by atoms with Gasteiger partial charge in [0.25, 0.3) is 0 Å². The second-order valence-corrected chi connectivity index (χ2v) is 2.70. The number of aliphatic carboxylic acids is 1. The largest absolute Gasteiger partial charge is 0.480 e. The second-order valence-electron chi connectivity index (χ2n) is 2.70. The molecule has 0 fully saturated rings. The molecule has 0 bridgehead atoms. The zero-order valence-corrected chi connectivity index (χ0v) is 8.65. The summed E-state index contributed by atoms with van der Waals surface area (Å²) in [5.41, 5.74) is 0. The quantitative estimate of drug-likeness (QED) is 0.410. The van der Waals surface area contributed by atoms with Gasteiger partial charge in [0.15, 0.2) is 0 Å². The summed E-state index contributed by atoms with van der Waals surface area (Å²) >= 11 is 0. The third kappa shape index (κ3) is 5.49. The lowest BCUT2D eigenvalue weighted by atomic mass is 10.2. The van der Waals surface area contributed by atoms with E-state index in [0.717, 1.165) is 7.11 Å². The predicted octanol–water partition coefficient (Wildman–Crippen LogP) is -1.06. The number of carboxylic acid groups (broad SMARTS) is 1. The molecule has 1 atom stereocenters. The molecule has 7 nitrogen and oxygen atoms in total. The van der Waals surface area contributed by atoms with Gasteiger partial charge in [-0.1, -0.05) is 5.92 Å². The Balaban J connectivity index is 4.24. The minimum Gasteiger partial charge on any atom is -0.480 e. The van der Waals surface area contributed by atoms with Crippen LogP contribution in [0.15, 0.2) is 0 Å². The van der Waals surface area contributed by atoms with Crippen LogP contribution in [0.1, 0.15) is 6.42 Å². The van der Waals surface area contributed by atoms with Crippen molar-refractivity contribution in [2.75, 3.05) is 13.7 Å². The van der Waals surface area contributed by atoms with Gasteiger partial charge in [-0.2, -0.15) is 0 Å². The Labute approximate surface area is 92.2 Å². The van der Waals surface area contributed by atoms with E-state index in [1.165, 1.54) is 0 Å². The van der Waals surface area contributed by atoms with Crippen LogP contribution < -0.4 is 10.6 Å². The average Bonchev–Trinajstić information content (AvgIpc) is 2.24. The maximum absolute atomic E-state index is 11.1. The van der Waals surface area contributed by atoms with Gasteiger partial charge in [0, 0.05) is 0 Å². The van der Waals surface area contributed by atoms with E-state index in [1.807, 2.05) is 0 Å². The van der Waals surface area contributed by atoms with E-state index in [2.05, 4.69) is 21.3 Å². The first-order valence-electron chi connectivity index (χ1n) is 4.28. The summed E-state index contributed by atoms with van der Waals surface area (Å²) in [7, 11) is 1.12. The lowest BCUT2D eigenvalue weighted by Crippen LogP contribution is -2.47. The molecule has 88 valence electrons. The van der Waals surface area contributed by atoms with Crippen molar-refractivity contribution in [3.8, 4) is 12.3 Å². The standard InChI is InChI=1S/C9H12N2O5/c1-3-4-10-9(15)11-6(8(13)14)5-7(12)16-2/h1,6H,4-5H2,2H3,(H,13,14)(H2,10,11,15)/t6-/m0/s1. The van der Waals surface area contributed by atoms with Crippen LogP contribution in [0.4, 0.5) is 4.79 Å². The zero-order valence-electron chi connectivity index (χ0n) is 8.65. The van der Waals surface area contributed by atoms with E-state index in [4.69, 9.17) is 11.5 Å². The van der Waals surface area contributed by atoms with Crippen LogP contribution in [-0.2, 0) is 14.3 Å². The van der Waals surface area contributed by atoms with E-state index in [9.17, 15) is 14.4 Å². The van der Waals surface area contributed by atoms with Gasteiger partial charge in [0.1, 0.15) is 6.04 Å². The van der Waals surface area contributed by atoms with Gasteiger partial charge in [-0.25, -0.2) is 9.59 Å². The number of carbonyl (C=O) groups excluding carboxylic acids is 2. The number of rotatable bonds is 5. The summed E-state index contributed by atoms with van der Waals surface area (Å²) in [5, 5.41) is 13.0. The van der Waals surface area contributed by atoms with Gasteiger partial charge in [-0.3, -0.25) is 4.79 Å². The number of nitrogens with one attached hydrogen (secondary N) is 2. The molecule has 0 aromatic carbocycles. The van der Waals surface area contributed by atoms with Gasteiger partial charge in [-0.05, 0) is 0 Å². The first-order valence-corrected chi connectivity index (χ1v) is 4.28. The number of hydrogen-bond acceptors (Lipinski definition) is 4. The zero-order chi connectivity index (χ0) is 12.6. The smallest absolute Gasteiger partial charge is 0.326 e. The molecule has 0 saturated heterocycles. The van der Waals surface area contributed by atoms with Crippen molar-refractivity contribution in [2.45, 2.75) is 12.5 Å². The lowest BCUT2D eigenvalue weighted by molar-refractivity contribution is -0.147. The van der Waals surface area contributed by atoms with Gasteiger partial charge >= 0.3 is 18.0 Å². The van der Waals surface area contributed by atoms with Gasteiger partial charge in [0.2, 0.25) is 0 Å². The van der Waals surface area contributed by atoms with Crippen molar-refractivity contribution in [2.24, 2.45) is 0 Å². The van der Waals surface area contributed by atoms with Crippen LogP contribution in [-0.4, -0.2) is 42.8 Å². The first kappa shape index (κ1) is 13.8. The van der Waals surface area contributed by atoms with Gasteiger partial charge in [-0.15, -0.1) is 6.42 Å². The van der Waals surface area contributed by atoms with Crippen molar-refractivity contribution >= 4 is 18.0 Å². The minimum atomic E-state index is -1.34. The predicted molar refractivity (Wildman–Crippen MR) is 53.4 cm³/mol. The van der Waals surface area contributed by atoms with Crippen molar-refractivity contribution in [1.82, 2.24) is 10.6 Å². The molecule has 3 N–H and O–H groups in total. The highest BCUT2D eigenvalue weighted by molar-refractivity contribution is 5.86. The van der Waals surface area contributed by atoms with Crippen molar-refractivity contribution in [3.05, 3.63) is 0 Å². The number of esters is 1. The molecule has 0 aliphatic heterocycles. The fourth-order valence-corrected chi connectivity index (χ4v) is 0.791. The fraction of sp³-hybridized carbons (Fsp3) is 0.444. The molecule has 0 radical (unpaired) electrons. The van der Waals surface area contributed by atoms with Crippen LogP contribution >= 0.6 is 0 Å². The molecule has 0 aromatic rings. The van der Waals surface area contributed by atoms with Crippen molar-refractivity contribution in [1.29, 1.82) is 0 Å². The number of terminal acetylenes is 1. The Bertz CT molecular complexity index is 320. The lowest BCUT2D eigenvalue weighted by Gasteiger charge is -2.13. The number of urea groups is 1. The number of methoxy groups -OCH3 is 1. The van der Waals surface area contributed by atoms with E-state index >= 15 is 0 Å². The van der Waals surface area contributed by atoms with E-state index in [0.29, 0.717) is 0 Å². The Hall–Kier alpha value is -2.23. The number of ether oxygens (including phenoxy) is 1. The topological polar surface area (TPSA) is 105 Å². The molecular formula is C9H12N2O5. The summed E-state index contributed by atoms with van der Waals surface area (Å²) in [6, 6.07) is -2.10.